The largest absolute Gasteiger partial charge is 0.307 e. The van der Waals surface area contributed by atoms with Gasteiger partial charge in [0.05, 0.1) is 0 Å². The van der Waals surface area contributed by atoms with Gasteiger partial charge >= 0.3 is 0 Å². The standard InChI is InChI=1S/C6H4FIN4O/c1-2-9-6(13)4-3(8)5(7)11-12(4)10-2/h1H3,(H,9,10,13). The van der Waals surface area contributed by atoms with Crippen molar-refractivity contribution in [3.05, 3.63) is 25.7 Å². The van der Waals surface area contributed by atoms with Gasteiger partial charge in [0.2, 0.25) is 5.95 Å². The number of halogens is 2. The van der Waals surface area contributed by atoms with Gasteiger partial charge in [-0.05, 0) is 29.5 Å². The van der Waals surface area contributed by atoms with Gasteiger partial charge in [0.25, 0.3) is 5.56 Å². The van der Waals surface area contributed by atoms with Crippen LogP contribution in [0.5, 0.6) is 0 Å². The minimum Gasteiger partial charge on any atom is -0.307 e. The summed E-state index contributed by atoms with van der Waals surface area (Å²) in [7, 11) is 0. The van der Waals surface area contributed by atoms with E-state index < -0.39 is 5.95 Å². The molecule has 0 aliphatic rings. The van der Waals surface area contributed by atoms with Crippen molar-refractivity contribution in [1.82, 2.24) is 19.8 Å². The number of H-pyrrole nitrogens is 1. The summed E-state index contributed by atoms with van der Waals surface area (Å²) in [4.78, 5) is 13.8. The monoisotopic (exact) mass is 294 g/mol. The van der Waals surface area contributed by atoms with E-state index in [1.807, 2.05) is 0 Å². The van der Waals surface area contributed by atoms with Gasteiger partial charge in [-0.3, -0.25) is 4.79 Å². The molecule has 0 aromatic carbocycles. The molecule has 0 unspecified atom stereocenters. The van der Waals surface area contributed by atoms with Crippen LogP contribution < -0.4 is 5.56 Å². The van der Waals surface area contributed by atoms with E-state index in [9.17, 15) is 9.18 Å². The third kappa shape index (κ3) is 1.23. The minimum atomic E-state index is -0.677. The maximum atomic E-state index is 12.9. The van der Waals surface area contributed by atoms with Gasteiger partial charge in [0.15, 0.2) is 5.52 Å². The average Bonchev–Trinajstić information content (AvgIpc) is 2.27. The number of hydrogen-bond acceptors (Lipinski definition) is 3. The van der Waals surface area contributed by atoms with Gasteiger partial charge in [-0.1, -0.05) is 0 Å². The first kappa shape index (κ1) is 8.60. The van der Waals surface area contributed by atoms with E-state index in [0.717, 1.165) is 4.63 Å². The van der Waals surface area contributed by atoms with Crippen molar-refractivity contribution in [1.29, 1.82) is 0 Å². The first-order valence-corrected chi connectivity index (χ1v) is 4.48. The molecule has 0 aliphatic carbocycles. The molecule has 0 bridgehead atoms. The maximum absolute atomic E-state index is 12.9. The zero-order chi connectivity index (χ0) is 9.59. The van der Waals surface area contributed by atoms with Crippen LogP contribution in [0.4, 0.5) is 4.39 Å². The smallest absolute Gasteiger partial charge is 0.278 e. The summed E-state index contributed by atoms with van der Waals surface area (Å²) in [6, 6.07) is 0. The van der Waals surface area contributed by atoms with E-state index in [0.29, 0.717) is 5.82 Å². The Morgan fingerprint density at radius 1 is 1.54 bits per heavy atom. The van der Waals surface area contributed by atoms with Crippen molar-refractivity contribution < 1.29 is 4.39 Å². The lowest BCUT2D eigenvalue weighted by Gasteiger charge is -1.92. The molecule has 2 rings (SSSR count). The van der Waals surface area contributed by atoms with Crippen molar-refractivity contribution in [3.8, 4) is 0 Å². The second kappa shape index (κ2) is 2.76. The Balaban J connectivity index is 3.03. The van der Waals surface area contributed by atoms with Crippen LogP contribution in [-0.2, 0) is 0 Å². The lowest BCUT2D eigenvalue weighted by Crippen LogP contribution is -2.14. The molecule has 2 aromatic rings. The molecule has 0 aliphatic heterocycles. The second-order valence-corrected chi connectivity index (χ2v) is 3.56. The molecule has 68 valence electrons. The quantitative estimate of drug-likeness (QED) is 0.718. The molecule has 5 nitrogen and oxygen atoms in total. The molecule has 13 heavy (non-hydrogen) atoms. The normalized spacial score (nSPS) is 11.0. The number of aromatic amines is 1. The van der Waals surface area contributed by atoms with Gasteiger partial charge < -0.3 is 4.98 Å². The molecule has 7 heteroatoms. The average molecular weight is 294 g/mol. The number of hydrogen-bond donors (Lipinski definition) is 1. The minimum absolute atomic E-state index is 0.142. The molecule has 0 fully saturated rings. The summed E-state index contributed by atoms with van der Waals surface area (Å²) in [5.41, 5.74) is -0.239. The predicted molar refractivity (Wildman–Crippen MR) is 51.0 cm³/mol. The van der Waals surface area contributed by atoms with Gasteiger partial charge in [0.1, 0.15) is 9.39 Å². The molecule has 1 N–H and O–H groups in total. The predicted octanol–water partition coefficient (Wildman–Crippen LogP) is 0.470. The van der Waals surface area contributed by atoms with Gasteiger partial charge in [-0.15, -0.1) is 14.8 Å². The number of aromatic nitrogens is 4. The van der Waals surface area contributed by atoms with Crippen LogP contribution in [0.1, 0.15) is 5.82 Å². The van der Waals surface area contributed by atoms with Crippen LogP contribution in [0.25, 0.3) is 5.52 Å². The summed E-state index contributed by atoms with van der Waals surface area (Å²) in [5.74, 6) is -0.277. The van der Waals surface area contributed by atoms with E-state index in [1.54, 1.807) is 29.5 Å². The summed E-state index contributed by atoms with van der Waals surface area (Å²) in [6.07, 6.45) is 0. The van der Waals surface area contributed by atoms with Crippen molar-refractivity contribution in [2.45, 2.75) is 6.92 Å². The first-order valence-electron chi connectivity index (χ1n) is 3.40. The second-order valence-electron chi connectivity index (χ2n) is 2.48. The number of rotatable bonds is 0. The summed E-state index contributed by atoms with van der Waals surface area (Å²) < 4.78 is 14.1. The van der Waals surface area contributed by atoms with E-state index in [2.05, 4.69) is 15.2 Å². The fourth-order valence-corrected chi connectivity index (χ4v) is 1.58. The van der Waals surface area contributed by atoms with Crippen molar-refractivity contribution in [3.63, 3.8) is 0 Å². The van der Waals surface area contributed by atoms with Gasteiger partial charge in [0, 0.05) is 0 Å². The van der Waals surface area contributed by atoms with Crippen molar-refractivity contribution in [2.24, 2.45) is 0 Å². The van der Waals surface area contributed by atoms with Crippen LogP contribution >= 0.6 is 22.6 Å². The van der Waals surface area contributed by atoms with Crippen LogP contribution in [0.2, 0.25) is 0 Å². The van der Waals surface area contributed by atoms with Crippen molar-refractivity contribution >= 4 is 28.1 Å². The fourth-order valence-electron chi connectivity index (χ4n) is 1.02. The third-order valence-corrected chi connectivity index (χ3v) is 2.48. The van der Waals surface area contributed by atoms with Crippen molar-refractivity contribution in [2.75, 3.05) is 0 Å². The Morgan fingerprint density at radius 3 is 2.92 bits per heavy atom. The van der Waals surface area contributed by atoms with Crippen LogP contribution in [0.15, 0.2) is 4.79 Å². The molecule has 2 aromatic heterocycles. The number of nitrogens with zero attached hydrogens (tertiary/aromatic N) is 3. The van der Waals surface area contributed by atoms with E-state index in [1.165, 1.54) is 0 Å². The third-order valence-electron chi connectivity index (χ3n) is 1.53. The Morgan fingerprint density at radius 2 is 2.23 bits per heavy atom. The fraction of sp³-hybridized carbons (Fsp3) is 0.167. The number of fused-ring (bicyclic) bond motifs is 1. The Hall–Kier alpha value is -0.990. The van der Waals surface area contributed by atoms with E-state index in [-0.39, 0.29) is 14.6 Å². The van der Waals surface area contributed by atoms with Gasteiger partial charge in [-0.25, -0.2) is 0 Å². The first-order chi connectivity index (χ1) is 6.09. The number of nitrogens with one attached hydrogen (secondary N) is 1. The highest BCUT2D eigenvalue weighted by molar-refractivity contribution is 14.1. The SMILES string of the molecule is Cc1nn2nc(F)c(I)c2c(=O)[nH]1. The zero-order valence-corrected chi connectivity index (χ0v) is 8.66. The molecular formula is C6H4FIN4O. The van der Waals surface area contributed by atoms with E-state index >= 15 is 0 Å². The molecule has 2 heterocycles. The van der Waals surface area contributed by atoms with E-state index in [4.69, 9.17) is 0 Å². The lowest BCUT2D eigenvalue weighted by atomic mass is 10.5. The molecule has 0 saturated carbocycles. The zero-order valence-electron chi connectivity index (χ0n) is 6.51. The summed E-state index contributed by atoms with van der Waals surface area (Å²) in [6.45, 7) is 1.60. The lowest BCUT2D eigenvalue weighted by molar-refractivity contribution is 0.552. The topological polar surface area (TPSA) is 63.1 Å². The highest BCUT2D eigenvalue weighted by Gasteiger charge is 2.13. The summed E-state index contributed by atoms with van der Waals surface area (Å²) in [5, 5.41) is 7.27. The highest BCUT2D eigenvalue weighted by atomic mass is 127. The Bertz CT molecular complexity index is 531. The van der Waals surface area contributed by atoms with Crippen LogP contribution in [0.3, 0.4) is 0 Å². The molecule has 0 saturated heterocycles. The molecular weight excluding hydrogens is 290 g/mol. The molecule has 0 radical (unpaired) electrons. The summed E-state index contributed by atoms with van der Waals surface area (Å²) >= 11 is 1.72. The Labute approximate surface area is 85.1 Å². The Kier molecular flexibility index (Phi) is 1.82. The molecule has 0 amide bonds. The molecule has 0 atom stereocenters. The van der Waals surface area contributed by atoms with Gasteiger partial charge in [-0.2, -0.15) is 4.39 Å². The molecule has 0 spiro atoms. The van der Waals surface area contributed by atoms with Crippen LogP contribution in [0, 0.1) is 16.4 Å². The highest BCUT2D eigenvalue weighted by Crippen LogP contribution is 2.11. The number of aryl methyl sites for hydroxylation is 1. The van der Waals surface area contributed by atoms with Crippen LogP contribution in [-0.4, -0.2) is 19.8 Å². The maximum Gasteiger partial charge on any atom is 0.278 e.